The van der Waals surface area contributed by atoms with Crippen LogP contribution in [0.1, 0.15) is 71.3 Å². The molecule has 84 heavy (non-hydrogen) atoms. The monoisotopic (exact) mass is 1120 g/mol. The summed E-state index contributed by atoms with van der Waals surface area (Å²) in [5, 5.41) is -7.58. The Balaban J connectivity index is 0.000000199. The molecule has 0 atom stereocenters. The number of benzene rings is 15. The van der Waals surface area contributed by atoms with Crippen molar-refractivity contribution < 1.29 is 80.1 Å². The first-order chi connectivity index (χ1) is 63.3. The lowest BCUT2D eigenvalue weighted by Crippen LogP contribution is -1.91. The fourth-order valence-electron chi connectivity index (χ4n) is 9.81. The molecule has 2 nitrogen and oxygen atoms in total. The Morgan fingerprint density at radius 1 is 0.179 bits per heavy atom. The van der Waals surface area contributed by atoms with Crippen LogP contribution in [0.15, 0.2) is 323 Å². The topological polar surface area (TPSA) is 26.3 Å². The minimum atomic E-state index is -1.12. The third-order valence-corrected chi connectivity index (χ3v) is 13.3. The van der Waals surface area contributed by atoms with Crippen molar-refractivity contribution in [2.45, 2.75) is 0 Å². The molecule has 0 aliphatic carbocycles. The molecular weight excluding hydrogens is 1020 g/mol. The maximum absolute atomic E-state index is 9.54. The summed E-state index contributed by atoms with van der Waals surface area (Å²) >= 11 is 0. The second-order valence-electron chi connectivity index (χ2n) is 17.8. The van der Waals surface area contributed by atoms with Gasteiger partial charge in [-0.05, 0) is 151 Å². The molecule has 0 aliphatic rings. The Bertz CT molecular complexity index is 8320. The molecule has 0 fully saturated rings. The third-order valence-electron chi connectivity index (χ3n) is 13.3. The second-order valence-corrected chi connectivity index (χ2v) is 17.8. The largest absolute Gasteiger partial charge is 0.456 e. The second kappa shape index (κ2) is 20.5. The zero-order valence-electron chi connectivity index (χ0n) is 93.8. The molecule has 0 aliphatic heterocycles. The maximum Gasteiger partial charge on any atom is 0.136 e. The van der Waals surface area contributed by atoms with Gasteiger partial charge in [0.15, 0.2) is 0 Å². The molecule has 0 spiro atoms. The van der Waals surface area contributed by atoms with Gasteiger partial charge in [0.05, 0.1) is 71.3 Å². The summed E-state index contributed by atoms with van der Waals surface area (Å²) < 4.78 is 472. The molecule has 17 aromatic rings. The molecule has 0 amide bonds. The fraction of sp³-hybridized carbons (Fsp3) is 0. The van der Waals surface area contributed by atoms with Crippen LogP contribution < -0.4 is 0 Å². The van der Waals surface area contributed by atoms with Gasteiger partial charge in [0.2, 0.25) is 0 Å². The summed E-state index contributed by atoms with van der Waals surface area (Å²) in [4.78, 5) is 0. The van der Waals surface area contributed by atoms with Crippen molar-refractivity contribution in [1.82, 2.24) is 0 Å². The Hall–Kier alpha value is -11.1. The van der Waals surface area contributed by atoms with E-state index in [1.165, 1.54) is 0 Å². The molecule has 0 bridgehead atoms. The van der Waals surface area contributed by atoms with Crippen molar-refractivity contribution in [3.8, 4) is 77.9 Å². The standard InChI is InChI=1S/C44H28O.C38H24O/c1-2-11-29(12-3-1)30-21-23-31(24-22-30)32-25-27-33(28-26-32)42-34-13-4-6-15-36(34)43(37-16-7-5-14-35(37)42)39-18-10-20-41-44(39)38-17-8-9-19-40(38)45-41;1-2-12-25(13-3-1)26-14-10-15-27(24-26)36-28-16-4-6-18-30(28)37(31-19-7-5-17-29(31)36)33-21-11-23-35-38(33)32-20-8-9-22-34(32)39-35/h1-28H;1-24H/i1D,2D,3D,4D,5D,6D,7D,8D,9D,10D,11D,12D,13D,14D,15D,16D,17D,18D,19D,20D,21D,22D,23D,24D,25D,26D,27D,28D;1D,2D,3D,4D,5D,6D,7D,8D,9D,10D,11D,12D,13D,14D,15D,16D,17D,18D,19D,20D,21D,22D,23D,24D. The van der Waals surface area contributed by atoms with Crippen molar-refractivity contribution in [2.75, 3.05) is 0 Å². The molecule has 2 heteroatoms. The summed E-state index contributed by atoms with van der Waals surface area (Å²) in [5.41, 5.74) is -12.8. The Labute approximate surface area is 559 Å². The molecular formula is C82H52O2. The zero-order chi connectivity index (χ0) is 101. The molecule has 2 heterocycles. The number of hydrogen-bond donors (Lipinski definition) is 0. The van der Waals surface area contributed by atoms with Crippen molar-refractivity contribution in [3.05, 3.63) is 314 Å². The van der Waals surface area contributed by atoms with E-state index in [9.17, 15) is 21.9 Å². The van der Waals surface area contributed by atoms with E-state index < -0.39 is 479 Å². The highest BCUT2D eigenvalue weighted by molar-refractivity contribution is 6.27. The van der Waals surface area contributed by atoms with Crippen LogP contribution in [0.25, 0.3) is 165 Å². The van der Waals surface area contributed by atoms with E-state index in [0.717, 1.165) is 0 Å². The summed E-state index contributed by atoms with van der Waals surface area (Å²) in [5.74, 6) is 0. The van der Waals surface area contributed by atoms with E-state index in [-0.39, 0.29) is 0 Å². The smallest absolute Gasteiger partial charge is 0.136 e. The minimum absolute atomic E-state index is 0.449. The van der Waals surface area contributed by atoms with Gasteiger partial charge in [0, 0.05) is 21.5 Å². The van der Waals surface area contributed by atoms with Crippen LogP contribution >= 0.6 is 0 Å². The van der Waals surface area contributed by atoms with Crippen LogP contribution in [0.4, 0.5) is 0 Å². The zero-order valence-corrected chi connectivity index (χ0v) is 41.8. The quantitative estimate of drug-likeness (QED) is 0.149. The lowest BCUT2D eigenvalue weighted by molar-refractivity contribution is 0.668. The first-order valence-electron chi connectivity index (χ1n) is 50.6. The van der Waals surface area contributed by atoms with Gasteiger partial charge >= 0.3 is 0 Å². The Morgan fingerprint density at radius 3 is 0.845 bits per heavy atom. The number of para-hydroxylation sites is 2. The van der Waals surface area contributed by atoms with E-state index >= 15 is 0 Å². The molecule has 15 aromatic carbocycles. The van der Waals surface area contributed by atoms with Crippen LogP contribution in [0, 0.1) is 0 Å². The molecule has 0 N–H and O–H groups in total. The van der Waals surface area contributed by atoms with Crippen LogP contribution in [0.2, 0.25) is 0 Å². The van der Waals surface area contributed by atoms with Crippen molar-refractivity contribution in [1.29, 1.82) is 0 Å². The average molecular weight is 1120 g/mol. The van der Waals surface area contributed by atoms with E-state index in [1.54, 1.807) is 0 Å². The molecule has 0 saturated heterocycles. The molecule has 2 aromatic heterocycles. The SMILES string of the molecule is [2H]c1c([2H])c([2H])c(-c2c([2H])c([2H])c(-c3c([2H])c([2H])c(-c4c5c([2H])c([2H])c([2H])c([2H])c5c(-c5c([2H])c([2H])c([2H])c6oc7c([2H])c([2H])c([2H])c([2H])c7c56)c5c([2H])c([2H])c([2H])c([2H])c45)c([2H])c3[2H])c([2H])c2[2H])c([2H])c1[2H].[2H]c1c([2H])c([2H])c(-c2c([2H])c([2H])c([2H])c(-c3c4c([2H])c([2H])c([2H])c([2H])c4c(-c4c([2H])c([2H])c([2H])c5oc6c([2H])c([2H])c([2H])c([2H])c6c45)c4c([2H])c([2H])c([2H])c([2H])c34)c2[2H])c([2H])c1[2H]. The van der Waals surface area contributed by atoms with Crippen LogP contribution in [-0.4, -0.2) is 0 Å². The molecule has 0 unspecified atom stereocenters. The third kappa shape index (κ3) is 8.26. The summed E-state index contributed by atoms with van der Waals surface area (Å²) in [6.07, 6.45) is 0. The van der Waals surface area contributed by atoms with Gasteiger partial charge in [0.1, 0.15) is 22.3 Å². The maximum atomic E-state index is 9.54. The van der Waals surface area contributed by atoms with Crippen LogP contribution in [0.5, 0.6) is 0 Å². The van der Waals surface area contributed by atoms with Gasteiger partial charge in [-0.3, -0.25) is 0 Å². The summed E-state index contributed by atoms with van der Waals surface area (Å²) in [7, 11) is 0. The van der Waals surface area contributed by atoms with Crippen LogP contribution in [-0.2, 0) is 0 Å². The van der Waals surface area contributed by atoms with E-state index in [2.05, 4.69) is 0 Å². The molecule has 392 valence electrons. The Morgan fingerprint density at radius 2 is 0.440 bits per heavy atom. The van der Waals surface area contributed by atoms with E-state index in [0.29, 0.717) is 0 Å². The van der Waals surface area contributed by atoms with Gasteiger partial charge in [0.25, 0.3) is 0 Å². The van der Waals surface area contributed by atoms with Gasteiger partial charge in [-0.1, -0.05) is 284 Å². The van der Waals surface area contributed by atoms with Crippen LogP contribution in [0.3, 0.4) is 0 Å². The van der Waals surface area contributed by atoms with Gasteiger partial charge < -0.3 is 8.83 Å². The first-order valence-corrected chi connectivity index (χ1v) is 24.6. The minimum Gasteiger partial charge on any atom is -0.456 e. The number of rotatable bonds is 7. The van der Waals surface area contributed by atoms with Gasteiger partial charge in [-0.15, -0.1) is 0 Å². The average Bonchev–Trinajstić information content (AvgIpc) is 1.10. The van der Waals surface area contributed by atoms with Crippen molar-refractivity contribution in [3.63, 3.8) is 0 Å². The number of fused-ring (bicyclic) bond motifs is 10. The molecule has 17 rings (SSSR count). The van der Waals surface area contributed by atoms with Crippen molar-refractivity contribution in [2.24, 2.45) is 0 Å². The van der Waals surface area contributed by atoms with Gasteiger partial charge in [-0.2, -0.15) is 0 Å². The molecule has 0 radical (unpaired) electrons. The number of furan rings is 2. The highest BCUT2D eigenvalue weighted by Crippen LogP contribution is 2.49. The normalized spacial score (nSPS) is 20.2. The molecule has 0 saturated carbocycles. The van der Waals surface area contributed by atoms with E-state index in [4.69, 9.17) is 58.2 Å². The lowest BCUT2D eigenvalue weighted by Gasteiger charge is -2.18. The lowest BCUT2D eigenvalue weighted by atomic mass is 9.84. The summed E-state index contributed by atoms with van der Waals surface area (Å²) in [6, 6.07) is -48.4. The predicted octanol–water partition coefficient (Wildman–Crippen LogP) is 23.5. The van der Waals surface area contributed by atoms with Crippen molar-refractivity contribution >= 4 is 87.0 Å². The predicted molar refractivity (Wildman–Crippen MR) is 356 cm³/mol. The highest BCUT2D eigenvalue weighted by atomic mass is 16.3. The van der Waals surface area contributed by atoms with E-state index in [1.807, 2.05) is 0 Å². The number of hydrogen-bond acceptors (Lipinski definition) is 2. The summed E-state index contributed by atoms with van der Waals surface area (Å²) in [6.45, 7) is 0. The van der Waals surface area contributed by atoms with Gasteiger partial charge in [-0.25, -0.2) is 0 Å². The first kappa shape index (κ1) is 19.3. The fourth-order valence-corrected chi connectivity index (χ4v) is 9.81. The highest BCUT2D eigenvalue weighted by Gasteiger charge is 2.22. The Kier molecular flexibility index (Phi) is 4.70.